The number of amides is 1. The lowest BCUT2D eigenvalue weighted by Gasteiger charge is -2.23. The van der Waals surface area contributed by atoms with Crippen LogP contribution in [0.1, 0.15) is 20.3 Å². The summed E-state index contributed by atoms with van der Waals surface area (Å²) in [5.41, 5.74) is 5.34. The predicted octanol–water partition coefficient (Wildman–Crippen LogP) is -0.424. The van der Waals surface area contributed by atoms with Crippen molar-refractivity contribution in [1.29, 1.82) is 0 Å². The van der Waals surface area contributed by atoms with E-state index in [0.29, 0.717) is 0 Å². The number of carboxylic acids is 1. The van der Waals surface area contributed by atoms with Crippen LogP contribution in [0, 0.1) is 5.92 Å². The van der Waals surface area contributed by atoms with Crippen molar-refractivity contribution < 1.29 is 19.4 Å². The van der Waals surface area contributed by atoms with E-state index in [9.17, 15) is 9.59 Å². The van der Waals surface area contributed by atoms with Crippen LogP contribution in [0.3, 0.4) is 0 Å². The molecule has 0 spiro atoms. The Bertz CT molecular complexity index is 239. The number of nitrogens with two attached hydrogens (primary N) is 1. The summed E-state index contributed by atoms with van der Waals surface area (Å²) in [4.78, 5) is 22.2. The van der Waals surface area contributed by atoms with Gasteiger partial charge in [-0.15, -0.1) is 0 Å². The molecule has 0 radical (unpaired) electrons. The fourth-order valence-corrected chi connectivity index (χ4v) is 1.23. The van der Waals surface area contributed by atoms with Crippen molar-refractivity contribution in [3.63, 3.8) is 0 Å². The molecule has 0 aromatic carbocycles. The first-order chi connectivity index (χ1) is 7.42. The summed E-state index contributed by atoms with van der Waals surface area (Å²) in [7, 11) is 1.39. The van der Waals surface area contributed by atoms with Gasteiger partial charge in [-0.1, -0.05) is 13.8 Å². The summed E-state index contributed by atoms with van der Waals surface area (Å²) in [6.07, 6.45) is -0.834. The van der Waals surface area contributed by atoms with Gasteiger partial charge in [-0.25, -0.2) is 0 Å². The lowest BCUT2D eigenvalue weighted by Crippen LogP contribution is -2.47. The summed E-state index contributed by atoms with van der Waals surface area (Å²) in [6.45, 7) is 3.76. The van der Waals surface area contributed by atoms with Crippen LogP contribution in [0.5, 0.6) is 0 Å². The van der Waals surface area contributed by atoms with Gasteiger partial charge in [-0.2, -0.15) is 0 Å². The monoisotopic (exact) mass is 232 g/mol. The molecule has 4 N–H and O–H groups in total. The number of carbonyl (C=O) groups excluding carboxylic acids is 1. The normalized spacial score (nSPS) is 14.6. The number of methoxy groups -OCH3 is 1. The molecular formula is C10H20N2O4. The molecule has 6 nitrogen and oxygen atoms in total. The van der Waals surface area contributed by atoms with Crippen LogP contribution < -0.4 is 11.1 Å². The molecule has 0 heterocycles. The Labute approximate surface area is 95.1 Å². The first-order valence-corrected chi connectivity index (χ1v) is 5.17. The minimum Gasteiger partial charge on any atom is -0.481 e. The number of rotatable bonds is 7. The van der Waals surface area contributed by atoms with E-state index in [2.05, 4.69) is 5.32 Å². The maximum Gasteiger partial charge on any atom is 0.305 e. The van der Waals surface area contributed by atoms with Crippen molar-refractivity contribution in [3.8, 4) is 0 Å². The highest BCUT2D eigenvalue weighted by molar-refractivity contribution is 5.82. The van der Waals surface area contributed by atoms with Crippen molar-refractivity contribution in [3.05, 3.63) is 0 Å². The Balaban J connectivity index is 4.38. The fraction of sp³-hybridized carbons (Fsp3) is 0.800. The van der Waals surface area contributed by atoms with Gasteiger partial charge in [-0.3, -0.25) is 9.59 Å². The Kier molecular flexibility index (Phi) is 6.67. The highest BCUT2D eigenvalue weighted by atomic mass is 16.5. The SMILES string of the molecule is COC(CN)C(=O)NC(CC(=O)O)C(C)C. The van der Waals surface area contributed by atoms with Gasteiger partial charge in [0.15, 0.2) is 0 Å². The van der Waals surface area contributed by atoms with E-state index >= 15 is 0 Å². The van der Waals surface area contributed by atoms with Crippen LogP contribution in [-0.2, 0) is 14.3 Å². The van der Waals surface area contributed by atoms with Crippen LogP contribution in [0.2, 0.25) is 0 Å². The van der Waals surface area contributed by atoms with Crippen molar-refractivity contribution in [2.45, 2.75) is 32.4 Å². The number of nitrogens with one attached hydrogen (secondary N) is 1. The lowest BCUT2D eigenvalue weighted by atomic mass is 10.0. The zero-order chi connectivity index (χ0) is 12.7. The fourth-order valence-electron chi connectivity index (χ4n) is 1.23. The van der Waals surface area contributed by atoms with Crippen LogP contribution in [-0.4, -0.2) is 42.8 Å². The van der Waals surface area contributed by atoms with Crippen molar-refractivity contribution in [2.24, 2.45) is 11.7 Å². The van der Waals surface area contributed by atoms with Gasteiger partial charge in [0.05, 0.1) is 6.42 Å². The zero-order valence-electron chi connectivity index (χ0n) is 9.90. The third-order valence-electron chi connectivity index (χ3n) is 2.32. The van der Waals surface area contributed by atoms with Crippen LogP contribution in [0.15, 0.2) is 0 Å². The molecule has 0 aromatic rings. The molecule has 0 fully saturated rings. The van der Waals surface area contributed by atoms with Crippen molar-refractivity contribution in [1.82, 2.24) is 5.32 Å². The van der Waals surface area contributed by atoms with E-state index in [-0.39, 0.29) is 24.8 Å². The number of ether oxygens (including phenoxy) is 1. The maximum atomic E-state index is 11.6. The van der Waals surface area contributed by atoms with E-state index < -0.39 is 18.1 Å². The van der Waals surface area contributed by atoms with E-state index in [1.54, 1.807) is 0 Å². The molecule has 0 saturated heterocycles. The topological polar surface area (TPSA) is 102 Å². The molecule has 0 aliphatic carbocycles. The molecule has 2 atom stereocenters. The van der Waals surface area contributed by atoms with Crippen LogP contribution in [0.4, 0.5) is 0 Å². The molecule has 0 rings (SSSR count). The predicted molar refractivity (Wildman–Crippen MR) is 58.9 cm³/mol. The van der Waals surface area contributed by atoms with E-state index in [1.807, 2.05) is 13.8 Å². The van der Waals surface area contributed by atoms with Gasteiger partial charge in [0.2, 0.25) is 0 Å². The third kappa shape index (κ3) is 5.09. The summed E-state index contributed by atoms with van der Waals surface area (Å²) in [5, 5.41) is 11.3. The lowest BCUT2D eigenvalue weighted by molar-refractivity contribution is -0.138. The largest absolute Gasteiger partial charge is 0.481 e. The molecule has 2 unspecified atom stereocenters. The molecule has 6 heteroatoms. The standard InChI is InChI=1S/C10H20N2O4/c1-6(2)7(4-9(13)14)12-10(15)8(5-11)16-3/h6-8H,4-5,11H2,1-3H3,(H,12,15)(H,13,14). The van der Waals surface area contributed by atoms with E-state index in [4.69, 9.17) is 15.6 Å². The second-order valence-corrected chi connectivity index (χ2v) is 3.92. The summed E-state index contributed by atoms with van der Waals surface area (Å²) in [6, 6.07) is -0.408. The minimum absolute atomic E-state index is 0.0373. The molecule has 0 aliphatic heterocycles. The molecule has 0 aromatic heterocycles. The van der Waals surface area contributed by atoms with Gasteiger partial charge in [0.1, 0.15) is 6.10 Å². The van der Waals surface area contributed by atoms with E-state index in [0.717, 1.165) is 0 Å². The van der Waals surface area contributed by atoms with Crippen molar-refractivity contribution >= 4 is 11.9 Å². The average molecular weight is 232 g/mol. The van der Waals surface area contributed by atoms with Crippen molar-refractivity contribution in [2.75, 3.05) is 13.7 Å². The Morgan fingerprint density at radius 2 is 2.00 bits per heavy atom. The second kappa shape index (κ2) is 7.19. The maximum absolute atomic E-state index is 11.6. The number of hydrogen-bond acceptors (Lipinski definition) is 4. The minimum atomic E-state index is -0.944. The van der Waals surface area contributed by atoms with E-state index in [1.165, 1.54) is 7.11 Å². The van der Waals surface area contributed by atoms with Crippen LogP contribution >= 0.6 is 0 Å². The third-order valence-corrected chi connectivity index (χ3v) is 2.32. The second-order valence-electron chi connectivity index (χ2n) is 3.92. The van der Waals surface area contributed by atoms with Gasteiger partial charge in [0, 0.05) is 19.7 Å². The highest BCUT2D eigenvalue weighted by Crippen LogP contribution is 2.06. The number of carbonyl (C=O) groups is 2. The highest BCUT2D eigenvalue weighted by Gasteiger charge is 2.23. The van der Waals surface area contributed by atoms with Gasteiger partial charge in [0.25, 0.3) is 5.91 Å². The first kappa shape index (κ1) is 14.9. The summed E-state index contributed by atoms with van der Waals surface area (Å²) in [5.74, 6) is -1.28. The van der Waals surface area contributed by atoms with Crippen LogP contribution in [0.25, 0.3) is 0 Å². The number of carboxylic acid groups (broad SMARTS) is 1. The van der Waals surface area contributed by atoms with Gasteiger partial charge >= 0.3 is 5.97 Å². The summed E-state index contributed by atoms with van der Waals surface area (Å²) < 4.78 is 4.86. The zero-order valence-corrected chi connectivity index (χ0v) is 9.90. The number of hydrogen-bond donors (Lipinski definition) is 3. The molecular weight excluding hydrogens is 212 g/mol. The first-order valence-electron chi connectivity index (χ1n) is 5.17. The smallest absolute Gasteiger partial charge is 0.305 e. The van der Waals surface area contributed by atoms with Gasteiger partial charge < -0.3 is 20.9 Å². The molecule has 0 bridgehead atoms. The molecule has 1 amide bonds. The Hall–Kier alpha value is -1.14. The Morgan fingerprint density at radius 3 is 2.31 bits per heavy atom. The summed E-state index contributed by atoms with van der Waals surface area (Å²) >= 11 is 0. The Morgan fingerprint density at radius 1 is 1.44 bits per heavy atom. The average Bonchev–Trinajstić information content (AvgIpc) is 2.17. The van der Waals surface area contributed by atoms with Gasteiger partial charge in [-0.05, 0) is 5.92 Å². The molecule has 16 heavy (non-hydrogen) atoms. The number of aliphatic carboxylic acids is 1. The quantitative estimate of drug-likeness (QED) is 0.553. The molecule has 94 valence electrons. The molecule has 0 saturated carbocycles. The molecule has 0 aliphatic rings.